The summed E-state index contributed by atoms with van der Waals surface area (Å²) in [6, 6.07) is -0.458. The smallest absolute Gasteiger partial charge is 0.324 e. The molecule has 0 saturated carbocycles. The van der Waals surface area contributed by atoms with Gasteiger partial charge < -0.3 is 14.4 Å². The van der Waals surface area contributed by atoms with Crippen molar-refractivity contribution in [2.75, 3.05) is 40.5 Å². The van der Waals surface area contributed by atoms with Crippen LogP contribution in [0.15, 0.2) is 0 Å². The summed E-state index contributed by atoms with van der Waals surface area (Å²) in [5.41, 5.74) is 0. The Balaban J connectivity index is 4.25. The van der Waals surface area contributed by atoms with E-state index in [1.807, 2.05) is 0 Å². The lowest BCUT2D eigenvalue weighted by Crippen LogP contribution is -2.46. The fourth-order valence-corrected chi connectivity index (χ4v) is 1.25. The molecule has 0 rings (SSSR count). The lowest BCUT2D eigenvalue weighted by atomic mass is 10.4. The Morgan fingerprint density at radius 1 is 1.22 bits per heavy atom. The van der Waals surface area contributed by atoms with Crippen LogP contribution in [0, 0.1) is 0 Å². The van der Waals surface area contributed by atoms with Crippen LogP contribution in [-0.4, -0.2) is 62.7 Å². The number of hydrogen-bond donors (Lipinski definition) is 1. The molecule has 0 aliphatic carbocycles. The number of nitrogens with one attached hydrogen (secondary N) is 1. The first-order valence-corrected chi connectivity index (χ1v) is 6.18. The van der Waals surface area contributed by atoms with Crippen molar-refractivity contribution in [1.29, 1.82) is 0 Å². The van der Waals surface area contributed by atoms with Gasteiger partial charge in [0.1, 0.15) is 5.38 Å². The number of alkyl halides is 1. The van der Waals surface area contributed by atoms with Crippen molar-refractivity contribution >= 4 is 23.5 Å². The van der Waals surface area contributed by atoms with Gasteiger partial charge in [-0.3, -0.25) is 10.1 Å². The molecule has 1 N–H and O–H groups in total. The van der Waals surface area contributed by atoms with Crippen molar-refractivity contribution in [3.8, 4) is 0 Å². The Morgan fingerprint density at radius 2 is 1.83 bits per heavy atom. The lowest BCUT2D eigenvalue weighted by Gasteiger charge is -2.22. The molecule has 0 aromatic rings. The summed E-state index contributed by atoms with van der Waals surface area (Å²) < 4.78 is 9.84. The van der Waals surface area contributed by atoms with Crippen molar-refractivity contribution in [3.05, 3.63) is 0 Å². The number of imide groups is 1. The van der Waals surface area contributed by atoms with Crippen LogP contribution in [0.25, 0.3) is 0 Å². The Kier molecular flexibility index (Phi) is 9.63. The van der Waals surface area contributed by atoms with Gasteiger partial charge in [-0.1, -0.05) is 0 Å². The van der Waals surface area contributed by atoms with Gasteiger partial charge in [-0.15, -0.1) is 11.6 Å². The largest absolute Gasteiger partial charge is 0.385 e. The van der Waals surface area contributed by atoms with Crippen LogP contribution < -0.4 is 5.32 Å². The molecule has 0 bridgehead atoms. The summed E-state index contributed by atoms with van der Waals surface area (Å²) in [7, 11) is 3.15. The van der Waals surface area contributed by atoms with Crippen LogP contribution in [0.2, 0.25) is 0 Å². The van der Waals surface area contributed by atoms with E-state index in [1.165, 1.54) is 11.8 Å². The van der Waals surface area contributed by atoms with Crippen molar-refractivity contribution in [3.63, 3.8) is 0 Å². The second kappa shape index (κ2) is 10.1. The van der Waals surface area contributed by atoms with Gasteiger partial charge in [0.15, 0.2) is 0 Å². The normalized spacial score (nSPS) is 12.0. The third kappa shape index (κ3) is 7.47. The van der Waals surface area contributed by atoms with E-state index in [4.69, 9.17) is 21.1 Å². The molecule has 0 aliphatic rings. The monoisotopic (exact) mass is 280 g/mol. The maximum Gasteiger partial charge on any atom is 0.324 e. The zero-order chi connectivity index (χ0) is 14.0. The highest BCUT2D eigenvalue weighted by molar-refractivity contribution is 6.31. The maximum absolute atomic E-state index is 11.8. The molecule has 18 heavy (non-hydrogen) atoms. The average molecular weight is 281 g/mol. The molecule has 1 atom stereocenters. The third-order valence-electron chi connectivity index (χ3n) is 2.22. The van der Waals surface area contributed by atoms with Crippen molar-refractivity contribution in [1.82, 2.24) is 10.2 Å². The van der Waals surface area contributed by atoms with Crippen LogP contribution in [0.1, 0.15) is 13.3 Å². The van der Waals surface area contributed by atoms with Gasteiger partial charge in [-0.2, -0.15) is 0 Å². The van der Waals surface area contributed by atoms with Crippen molar-refractivity contribution in [2.45, 2.75) is 18.7 Å². The molecular formula is C11H21ClN2O4. The maximum atomic E-state index is 11.8. The highest BCUT2D eigenvalue weighted by Crippen LogP contribution is 1.97. The summed E-state index contributed by atoms with van der Waals surface area (Å²) >= 11 is 5.58. The van der Waals surface area contributed by atoms with Crippen molar-refractivity contribution < 1.29 is 19.1 Å². The number of carbonyl (C=O) groups excluding carboxylic acids is 2. The minimum absolute atomic E-state index is 0.408. The minimum Gasteiger partial charge on any atom is -0.385 e. The number of halogens is 1. The van der Waals surface area contributed by atoms with E-state index in [9.17, 15) is 9.59 Å². The number of ether oxygens (including phenoxy) is 2. The average Bonchev–Trinajstić information content (AvgIpc) is 2.33. The predicted octanol–water partition coefficient (Wildman–Crippen LogP) is 0.835. The second-order valence-electron chi connectivity index (χ2n) is 3.74. The van der Waals surface area contributed by atoms with E-state index < -0.39 is 17.3 Å². The molecule has 106 valence electrons. The molecule has 0 spiro atoms. The topological polar surface area (TPSA) is 67.9 Å². The van der Waals surface area contributed by atoms with Gasteiger partial charge in [0.2, 0.25) is 5.91 Å². The first-order chi connectivity index (χ1) is 8.52. The molecule has 0 aliphatic heterocycles. The van der Waals surface area contributed by atoms with Gasteiger partial charge in [0.05, 0.1) is 6.61 Å². The van der Waals surface area contributed by atoms with Crippen molar-refractivity contribution in [2.24, 2.45) is 0 Å². The zero-order valence-corrected chi connectivity index (χ0v) is 11.8. The van der Waals surface area contributed by atoms with E-state index in [0.717, 1.165) is 0 Å². The number of hydrogen-bond acceptors (Lipinski definition) is 4. The second-order valence-corrected chi connectivity index (χ2v) is 4.39. The van der Waals surface area contributed by atoms with E-state index in [0.29, 0.717) is 32.7 Å². The van der Waals surface area contributed by atoms with E-state index in [1.54, 1.807) is 14.2 Å². The van der Waals surface area contributed by atoms with Gasteiger partial charge in [-0.25, -0.2) is 4.79 Å². The highest BCUT2D eigenvalue weighted by Gasteiger charge is 2.18. The van der Waals surface area contributed by atoms with Crippen LogP contribution in [-0.2, 0) is 14.3 Å². The Bertz CT molecular complexity index is 261. The molecule has 0 fully saturated rings. The number of rotatable bonds is 8. The van der Waals surface area contributed by atoms with Gasteiger partial charge >= 0.3 is 6.03 Å². The third-order valence-corrected chi connectivity index (χ3v) is 2.42. The summed E-state index contributed by atoms with van der Waals surface area (Å²) in [4.78, 5) is 24.6. The molecule has 7 heteroatoms. The molecular weight excluding hydrogens is 260 g/mol. The van der Waals surface area contributed by atoms with Crippen LogP contribution in [0.4, 0.5) is 4.79 Å². The molecule has 0 radical (unpaired) electrons. The zero-order valence-electron chi connectivity index (χ0n) is 11.1. The summed E-state index contributed by atoms with van der Waals surface area (Å²) in [6.07, 6.45) is 0.693. The molecule has 1 unspecified atom stereocenters. The Labute approximate surface area is 113 Å². The van der Waals surface area contributed by atoms with E-state index in [2.05, 4.69) is 5.32 Å². The first kappa shape index (κ1) is 17.2. The first-order valence-electron chi connectivity index (χ1n) is 5.74. The minimum atomic E-state index is -0.739. The Hall–Kier alpha value is -0.850. The van der Waals surface area contributed by atoms with Gasteiger partial charge in [-0.05, 0) is 13.3 Å². The fraction of sp³-hybridized carbons (Fsp3) is 0.818. The summed E-state index contributed by atoms with van der Waals surface area (Å²) in [5.74, 6) is -0.504. The molecule has 3 amide bonds. The van der Waals surface area contributed by atoms with E-state index >= 15 is 0 Å². The molecule has 0 heterocycles. The SMILES string of the molecule is COCCCN(CCOC)C(=O)NC(=O)C(C)Cl. The molecule has 0 aromatic carbocycles. The van der Waals surface area contributed by atoms with Gasteiger partial charge in [0, 0.05) is 33.9 Å². The van der Waals surface area contributed by atoms with Crippen LogP contribution in [0.5, 0.6) is 0 Å². The van der Waals surface area contributed by atoms with Crippen LogP contribution in [0.3, 0.4) is 0 Å². The fourth-order valence-electron chi connectivity index (χ4n) is 1.20. The number of methoxy groups -OCH3 is 2. The Morgan fingerprint density at radius 3 is 2.33 bits per heavy atom. The molecule has 0 aromatic heterocycles. The lowest BCUT2D eigenvalue weighted by molar-refractivity contribution is -0.119. The molecule has 0 saturated heterocycles. The number of carbonyl (C=O) groups is 2. The van der Waals surface area contributed by atoms with E-state index in [-0.39, 0.29) is 0 Å². The number of nitrogens with zero attached hydrogens (tertiary/aromatic N) is 1. The number of urea groups is 1. The predicted molar refractivity (Wildman–Crippen MR) is 68.8 cm³/mol. The van der Waals surface area contributed by atoms with Gasteiger partial charge in [0.25, 0.3) is 0 Å². The van der Waals surface area contributed by atoms with Crippen LogP contribution >= 0.6 is 11.6 Å². The number of amides is 3. The summed E-state index contributed by atoms with van der Waals surface area (Å²) in [5, 5.41) is 1.50. The quantitative estimate of drug-likeness (QED) is 0.528. The highest BCUT2D eigenvalue weighted by atomic mass is 35.5. The molecule has 6 nitrogen and oxygen atoms in total. The standard InChI is InChI=1S/C11H21ClN2O4/c1-9(12)10(15)13-11(16)14(6-8-18-3)5-4-7-17-2/h9H,4-8H2,1-3H3,(H,13,15,16). The summed E-state index contributed by atoms with van der Waals surface area (Å²) in [6.45, 7) is 3.37.